The molecular weight excluding hydrogens is 264 g/mol. The van der Waals surface area contributed by atoms with E-state index >= 15 is 0 Å². The van der Waals surface area contributed by atoms with E-state index in [0.29, 0.717) is 25.5 Å². The summed E-state index contributed by atoms with van der Waals surface area (Å²) in [5.74, 6) is 1.21. The molecule has 0 atom stereocenters. The molecule has 1 amide bonds. The van der Waals surface area contributed by atoms with E-state index in [2.05, 4.69) is 0 Å². The van der Waals surface area contributed by atoms with Gasteiger partial charge in [0.05, 0.1) is 6.54 Å². The molecule has 1 aromatic carbocycles. The van der Waals surface area contributed by atoms with Crippen molar-refractivity contribution in [3.05, 3.63) is 24.3 Å². The Bertz CT molecular complexity index is 410. The van der Waals surface area contributed by atoms with Gasteiger partial charge in [-0.3, -0.25) is 4.79 Å². The number of anilines is 1. The lowest BCUT2D eigenvalue weighted by atomic mass is 10.3. The van der Waals surface area contributed by atoms with Crippen molar-refractivity contribution < 1.29 is 9.53 Å². The predicted molar refractivity (Wildman–Crippen MR) is 79.2 cm³/mol. The van der Waals surface area contributed by atoms with Gasteiger partial charge in [-0.15, -0.1) is 11.6 Å². The van der Waals surface area contributed by atoms with Crippen molar-refractivity contribution in [2.24, 2.45) is 0 Å². The Labute approximate surface area is 119 Å². The van der Waals surface area contributed by atoms with Gasteiger partial charge in [0.15, 0.2) is 0 Å². The molecule has 0 bridgehead atoms. The van der Waals surface area contributed by atoms with E-state index in [-0.39, 0.29) is 5.91 Å². The maximum absolute atomic E-state index is 11.5. The summed E-state index contributed by atoms with van der Waals surface area (Å²) in [5, 5.41) is 0. The van der Waals surface area contributed by atoms with Gasteiger partial charge in [-0.2, -0.15) is 0 Å². The van der Waals surface area contributed by atoms with Crippen LogP contribution in [0.1, 0.15) is 6.42 Å². The lowest BCUT2D eigenvalue weighted by molar-refractivity contribution is -0.129. The zero-order valence-corrected chi connectivity index (χ0v) is 12.5. The number of alkyl halides is 1. The van der Waals surface area contributed by atoms with Gasteiger partial charge in [0, 0.05) is 45.2 Å². The van der Waals surface area contributed by atoms with Crippen LogP contribution in [0.25, 0.3) is 0 Å². The third kappa shape index (κ3) is 5.39. The summed E-state index contributed by atoms with van der Waals surface area (Å²) in [7, 11) is 5.73. The van der Waals surface area contributed by atoms with Gasteiger partial charge in [0.25, 0.3) is 0 Å². The Hall–Kier alpha value is -1.42. The molecule has 0 spiro atoms. The van der Waals surface area contributed by atoms with Gasteiger partial charge >= 0.3 is 0 Å². The minimum Gasteiger partial charge on any atom is -0.492 e. The summed E-state index contributed by atoms with van der Waals surface area (Å²) in [5.41, 5.74) is 1.09. The highest BCUT2D eigenvalue weighted by Crippen LogP contribution is 2.19. The molecule has 0 unspecified atom stereocenters. The second kappa shape index (κ2) is 7.89. The highest BCUT2D eigenvalue weighted by Gasteiger charge is 2.07. The van der Waals surface area contributed by atoms with Gasteiger partial charge in [-0.25, -0.2) is 0 Å². The number of nitrogens with zero attached hydrogens (tertiary/aromatic N) is 2. The quantitative estimate of drug-likeness (QED) is 0.720. The highest BCUT2D eigenvalue weighted by atomic mass is 35.5. The van der Waals surface area contributed by atoms with Gasteiger partial charge in [0.1, 0.15) is 12.4 Å². The smallest absolute Gasteiger partial charge is 0.223 e. The average Bonchev–Trinajstić information content (AvgIpc) is 2.39. The molecule has 4 nitrogen and oxygen atoms in total. The number of ether oxygens (including phenoxy) is 1. The number of hydrogen-bond acceptors (Lipinski definition) is 3. The van der Waals surface area contributed by atoms with Crippen LogP contribution in [-0.2, 0) is 4.79 Å². The van der Waals surface area contributed by atoms with Gasteiger partial charge < -0.3 is 14.5 Å². The van der Waals surface area contributed by atoms with Crippen LogP contribution in [-0.4, -0.2) is 51.0 Å². The van der Waals surface area contributed by atoms with E-state index in [1.807, 2.05) is 43.3 Å². The summed E-state index contributed by atoms with van der Waals surface area (Å²) in [6, 6.07) is 7.85. The maximum atomic E-state index is 11.5. The lowest BCUT2D eigenvalue weighted by Crippen LogP contribution is -2.30. The number of rotatable bonds is 7. The van der Waals surface area contributed by atoms with Crippen molar-refractivity contribution in [3.8, 4) is 5.75 Å². The Morgan fingerprint density at radius 1 is 1.32 bits per heavy atom. The first-order chi connectivity index (χ1) is 9.04. The topological polar surface area (TPSA) is 32.8 Å². The minimum atomic E-state index is 0.0423. The van der Waals surface area contributed by atoms with Crippen LogP contribution in [0.5, 0.6) is 5.75 Å². The Morgan fingerprint density at radius 2 is 2.05 bits per heavy atom. The van der Waals surface area contributed by atoms with Crippen molar-refractivity contribution in [3.63, 3.8) is 0 Å². The van der Waals surface area contributed by atoms with Crippen LogP contribution in [0.2, 0.25) is 0 Å². The van der Waals surface area contributed by atoms with E-state index in [1.54, 1.807) is 11.9 Å². The molecule has 19 heavy (non-hydrogen) atoms. The molecule has 106 valence electrons. The number of amides is 1. The SMILES string of the molecule is CN(CCOc1cccc(N(C)C)c1)C(=O)CCCl. The summed E-state index contributed by atoms with van der Waals surface area (Å²) >= 11 is 5.53. The molecule has 0 aliphatic heterocycles. The molecule has 0 saturated heterocycles. The van der Waals surface area contributed by atoms with E-state index in [0.717, 1.165) is 11.4 Å². The fourth-order valence-corrected chi connectivity index (χ4v) is 1.71. The molecule has 0 aliphatic rings. The molecule has 0 aliphatic carbocycles. The zero-order valence-electron chi connectivity index (χ0n) is 11.7. The molecule has 1 rings (SSSR count). The highest BCUT2D eigenvalue weighted by molar-refractivity contribution is 6.18. The molecule has 0 aromatic heterocycles. The fraction of sp³-hybridized carbons (Fsp3) is 0.500. The van der Waals surface area contributed by atoms with Crippen LogP contribution < -0.4 is 9.64 Å². The third-order valence-electron chi connectivity index (χ3n) is 2.76. The zero-order chi connectivity index (χ0) is 14.3. The van der Waals surface area contributed by atoms with Crippen LogP contribution in [0.15, 0.2) is 24.3 Å². The van der Waals surface area contributed by atoms with Crippen LogP contribution in [0, 0.1) is 0 Å². The molecule has 5 heteroatoms. The largest absolute Gasteiger partial charge is 0.492 e. The number of benzene rings is 1. The second-order valence-electron chi connectivity index (χ2n) is 4.49. The molecule has 0 fully saturated rings. The van der Waals surface area contributed by atoms with Crippen molar-refractivity contribution >= 4 is 23.2 Å². The van der Waals surface area contributed by atoms with E-state index in [9.17, 15) is 4.79 Å². The number of hydrogen-bond donors (Lipinski definition) is 0. The van der Waals surface area contributed by atoms with Crippen molar-refractivity contribution in [1.29, 1.82) is 0 Å². The monoisotopic (exact) mass is 284 g/mol. The van der Waals surface area contributed by atoms with E-state index in [4.69, 9.17) is 16.3 Å². The number of likely N-dealkylation sites (N-methyl/N-ethyl adjacent to an activating group) is 1. The van der Waals surface area contributed by atoms with Crippen molar-refractivity contribution in [1.82, 2.24) is 4.90 Å². The molecule has 0 saturated carbocycles. The minimum absolute atomic E-state index is 0.0423. The lowest BCUT2D eigenvalue weighted by Gasteiger charge is -2.18. The Balaban J connectivity index is 2.40. The molecule has 0 N–H and O–H groups in total. The summed E-state index contributed by atoms with van der Waals surface area (Å²) < 4.78 is 5.64. The van der Waals surface area contributed by atoms with E-state index < -0.39 is 0 Å². The average molecular weight is 285 g/mol. The first-order valence-electron chi connectivity index (χ1n) is 6.24. The number of carbonyl (C=O) groups excluding carboxylic acids is 1. The van der Waals surface area contributed by atoms with Crippen LogP contribution in [0.3, 0.4) is 0 Å². The number of carbonyl (C=O) groups is 1. The molecule has 1 aromatic rings. The van der Waals surface area contributed by atoms with Crippen molar-refractivity contribution in [2.45, 2.75) is 6.42 Å². The Morgan fingerprint density at radius 3 is 2.68 bits per heavy atom. The fourth-order valence-electron chi connectivity index (χ4n) is 1.55. The normalized spacial score (nSPS) is 10.1. The molecule has 0 heterocycles. The standard InChI is InChI=1S/C14H21ClN2O2/c1-16(2)12-5-4-6-13(11-12)19-10-9-17(3)14(18)7-8-15/h4-6,11H,7-10H2,1-3H3. The summed E-state index contributed by atoms with van der Waals surface area (Å²) in [6.07, 6.45) is 0.369. The second-order valence-corrected chi connectivity index (χ2v) is 4.87. The third-order valence-corrected chi connectivity index (χ3v) is 2.95. The number of halogens is 1. The van der Waals surface area contributed by atoms with Gasteiger partial charge in [0.2, 0.25) is 5.91 Å². The Kier molecular flexibility index (Phi) is 6.50. The molecule has 0 radical (unpaired) electrons. The summed E-state index contributed by atoms with van der Waals surface area (Å²) in [6.45, 7) is 1.03. The first-order valence-corrected chi connectivity index (χ1v) is 6.78. The van der Waals surface area contributed by atoms with Gasteiger partial charge in [-0.1, -0.05) is 6.07 Å². The summed E-state index contributed by atoms with van der Waals surface area (Å²) in [4.78, 5) is 15.2. The predicted octanol–water partition coefficient (Wildman–Crippen LogP) is 2.22. The van der Waals surface area contributed by atoms with E-state index in [1.165, 1.54) is 0 Å². The van der Waals surface area contributed by atoms with Crippen LogP contribution >= 0.6 is 11.6 Å². The van der Waals surface area contributed by atoms with Crippen molar-refractivity contribution in [2.75, 3.05) is 45.1 Å². The van der Waals surface area contributed by atoms with Gasteiger partial charge in [-0.05, 0) is 12.1 Å². The maximum Gasteiger partial charge on any atom is 0.223 e. The molecular formula is C14H21ClN2O2. The first kappa shape index (κ1) is 15.6. The van der Waals surface area contributed by atoms with Crippen LogP contribution in [0.4, 0.5) is 5.69 Å².